The zero-order valence-corrected chi connectivity index (χ0v) is 16.8. The molecule has 3 fully saturated rings. The fourth-order valence-corrected chi connectivity index (χ4v) is 7.04. The molecule has 0 amide bonds. The highest BCUT2D eigenvalue weighted by Crippen LogP contribution is 2.61. The molecule has 4 aliphatic rings. The molecule has 1 heterocycles. The first kappa shape index (κ1) is 17.7. The molecule has 3 aliphatic carbocycles. The number of piperidine rings is 1. The second-order valence-electron chi connectivity index (χ2n) is 9.81. The lowest BCUT2D eigenvalue weighted by Gasteiger charge is -2.51. The molecule has 0 bridgehead atoms. The van der Waals surface area contributed by atoms with Gasteiger partial charge in [-0.1, -0.05) is 19.9 Å². The summed E-state index contributed by atoms with van der Waals surface area (Å²) in [5.74, 6) is 4.05. The Morgan fingerprint density at radius 1 is 1.15 bits per heavy atom. The number of carbonyl (C=O) groups excluding carboxylic acids is 1. The number of hydrogen-bond acceptors (Lipinski definition) is 3. The highest BCUT2D eigenvalue weighted by Gasteiger charge is 2.56. The highest BCUT2D eigenvalue weighted by atomic mass is 16.5. The van der Waals surface area contributed by atoms with Crippen molar-refractivity contribution in [1.29, 1.82) is 0 Å². The molecular formula is C24H33NO2. The Kier molecular flexibility index (Phi) is 4.34. The standard InChI is InChI=1S/C24H33NO2/c1-15-14-24(2)20(10-11-21(24)26)19-8-6-16-13-17(7-9-18(16)23(15)19)27-22-5-3-4-12-25-22/h7,9,13,15,19-20,22-23,25H,3-6,8,10-12,14H2,1-2H3/t15-,19-,20-,22?,23+,24-/m0/s1. The van der Waals surface area contributed by atoms with Crippen LogP contribution in [-0.2, 0) is 11.2 Å². The number of carbonyl (C=O) groups is 1. The monoisotopic (exact) mass is 367 g/mol. The van der Waals surface area contributed by atoms with E-state index in [4.69, 9.17) is 4.74 Å². The maximum Gasteiger partial charge on any atom is 0.150 e. The predicted octanol–water partition coefficient (Wildman–Crippen LogP) is 4.84. The number of nitrogens with one attached hydrogen (secondary N) is 1. The Balaban J connectivity index is 1.40. The van der Waals surface area contributed by atoms with Gasteiger partial charge in [-0.25, -0.2) is 0 Å². The van der Waals surface area contributed by atoms with E-state index in [0.29, 0.717) is 29.5 Å². The summed E-state index contributed by atoms with van der Waals surface area (Å²) >= 11 is 0. The summed E-state index contributed by atoms with van der Waals surface area (Å²) in [6, 6.07) is 6.85. The lowest BCUT2D eigenvalue weighted by Crippen LogP contribution is -2.46. The van der Waals surface area contributed by atoms with E-state index >= 15 is 0 Å². The van der Waals surface area contributed by atoms with Crippen LogP contribution >= 0.6 is 0 Å². The Bertz CT molecular complexity index is 738. The first-order valence-corrected chi connectivity index (χ1v) is 11.1. The average molecular weight is 368 g/mol. The third-order valence-corrected chi connectivity index (χ3v) is 8.24. The molecular weight excluding hydrogens is 334 g/mol. The minimum atomic E-state index is -0.0478. The van der Waals surface area contributed by atoms with E-state index in [1.54, 1.807) is 5.56 Å². The van der Waals surface area contributed by atoms with Crippen LogP contribution < -0.4 is 10.1 Å². The van der Waals surface area contributed by atoms with Crippen LogP contribution in [0, 0.1) is 23.2 Å². The maximum absolute atomic E-state index is 12.6. The van der Waals surface area contributed by atoms with E-state index in [1.807, 2.05) is 0 Å². The molecule has 5 rings (SSSR count). The second-order valence-corrected chi connectivity index (χ2v) is 9.81. The summed E-state index contributed by atoms with van der Waals surface area (Å²) < 4.78 is 6.23. The summed E-state index contributed by atoms with van der Waals surface area (Å²) in [6.07, 6.45) is 9.16. The smallest absolute Gasteiger partial charge is 0.150 e. The van der Waals surface area contributed by atoms with Gasteiger partial charge < -0.3 is 4.74 Å². The van der Waals surface area contributed by atoms with Crippen LogP contribution in [0.3, 0.4) is 0 Å². The first-order valence-electron chi connectivity index (χ1n) is 11.1. The highest BCUT2D eigenvalue weighted by molar-refractivity contribution is 5.87. The van der Waals surface area contributed by atoms with Crippen molar-refractivity contribution in [3.8, 4) is 5.75 Å². The van der Waals surface area contributed by atoms with Crippen molar-refractivity contribution in [2.75, 3.05) is 6.54 Å². The summed E-state index contributed by atoms with van der Waals surface area (Å²) in [4.78, 5) is 12.6. The number of hydrogen-bond donors (Lipinski definition) is 1. The van der Waals surface area contributed by atoms with Gasteiger partial charge in [-0.15, -0.1) is 0 Å². The Morgan fingerprint density at radius 2 is 2.04 bits per heavy atom. The number of fused-ring (bicyclic) bond motifs is 5. The average Bonchev–Trinajstić information content (AvgIpc) is 2.96. The van der Waals surface area contributed by atoms with E-state index in [9.17, 15) is 4.79 Å². The van der Waals surface area contributed by atoms with Gasteiger partial charge in [-0.05, 0) is 98.4 Å². The zero-order valence-electron chi connectivity index (χ0n) is 16.8. The van der Waals surface area contributed by atoms with Crippen molar-refractivity contribution in [1.82, 2.24) is 5.32 Å². The molecule has 3 nitrogen and oxygen atoms in total. The van der Waals surface area contributed by atoms with Gasteiger partial charge in [0.15, 0.2) is 0 Å². The largest absolute Gasteiger partial charge is 0.475 e. The number of rotatable bonds is 2. The SMILES string of the molecule is C[C@H]1C[C@]2(C)C(=O)CC[C@H]2[C@@H]2CCc3cc(OC4CCCCN4)ccc3[C@H]21. The van der Waals surface area contributed by atoms with Crippen LogP contribution in [0.4, 0.5) is 0 Å². The molecule has 27 heavy (non-hydrogen) atoms. The zero-order chi connectivity index (χ0) is 18.6. The summed E-state index contributed by atoms with van der Waals surface area (Å²) in [7, 11) is 0. The van der Waals surface area contributed by atoms with Crippen LogP contribution in [0.25, 0.3) is 0 Å². The van der Waals surface area contributed by atoms with Crippen LogP contribution in [-0.4, -0.2) is 18.6 Å². The number of benzene rings is 1. The molecule has 2 saturated carbocycles. The van der Waals surface area contributed by atoms with Gasteiger partial charge >= 0.3 is 0 Å². The molecule has 0 spiro atoms. The number of ketones is 1. The van der Waals surface area contributed by atoms with E-state index in [-0.39, 0.29) is 11.6 Å². The summed E-state index contributed by atoms with van der Waals surface area (Å²) in [6.45, 7) is 5.72. The van der Waals surface area contributed by atoms with Crippen molar-refractivity contribution in [3.63, 3.8) is 0 Å². The van der Waals surface area contributed by atoms with Crippen molar-refractivity contribution in [3.05, 3.63) is 29.3 Å². The van der Waals surface area contributed by atoms with Gasteiger partial charge in [-0.2, -0.15) is 0 Å². The predicted molar refractivity (Wildman–Crippen MR) is 107 cm³/mol. The van der Waals surface area contributed by atoms with Crippen LogP contribution in [0.15, 0.2) is 18.2 Å². The molecule has 1 unspecified atom stereocenters. The van der Waals surface area contributed by atoms with Crippen LogP contribution in [0.5, 0.6) is 5.75 Å². The molecule has 1 N–H and O–H groups in total. The number of Topliss-reactive ketones (excluding diaryl/α,β-unsaturated/α-hetero) is 1. The van der Waals surface area contributed by atoms with Gasteiger partial charge in [0.1, 0.15) is 17.8 Å². The number of aryl methyl sites for hydroxylation is 1. The van der Waals surface area contributed by atoms with Crippen LogP contribution in [0.2, 0.25) is 0 Å². The third-order valence-electron chi connectivity index (χ3n) is 8.24. The van der Waals surface area contributed by atoms with Crippen LogP contribution in [0.1, 0.15) is 75.8 Å². The quantitative estimate of drug-likeness (QED) is 0.813. The second kappa shape index (κ2) is 6.62. The molecule has 6 atom stereocenters. The van der Waals surface area contributed by atoms with Gasteiger partial charge in [-0.3, -0.25) is 10.1 Å². The first-order chi connectivity index (χ1) is 13.1. The minimum Gasteiger partial charge on any atom is -0.475 e. The lowest BCUT2D eigenvalue weighted by atomic mass is 9.52. The fourth-order valence-electron chi connectivity index (χ4n) is 7.04. The van der Waals surface area contributed by atoms with Crippen molar-refractivity contribution >= 4 is 5.78 Å². The third kappa shape index (κ3) is 2.85. The van der Waals surface area contributed by atoms with Gasteiger partial charge in [0.05, 0.1) is 0 Å². The molecule has 1 aromatic rings. The summed E-state index contributed by atoms with van der Waals surface area (Å²) in [5.41, 5.74) is 2.99. The summed E-state index contributed by atoms with van der Waals surface area (Å²) in [5, 5.41) is 3.48. The Morgan fingerprint density at radius 3 is 2.85 bits per heavy atom. The fraction of sp³-hybridized carbons (Fsp3) is 0.708. The van der Waals surface area contributed by atoms with E-state index in [1.165, 1.54) is 24.8 Å². The van der Waals surface area contributed by atoms with Gasteiger partial charge in [0, 0.05) is 11.8 Å². The molecule has 1 saturated heterocycles. The Labute approximate surface area is 163 Å². The van der Waals surface area contributed by atoms with Crippen molar-refractivity contribution in [2.45, 2.75) is 77.4 Å². The van der Waals surface area contributed by atoms with E-state index in [2.05, 4.69) is 37.4 Å². The maximum atomic E-state index is 12.6. The van der Waals surface area contributed by atoms with Crippen molar-refractivity contribution < 1.29 is 9.53 Å². The molecule has 146 valence electrons. The number of ether oxygens (including phenoxy) is 1. The van der Waals surface area contributed by atoms with E-state index < -0.39 is 0 Å². The molecule has 0 radical (unpaired) electrons. The Hall–Kier alpha value is -1.35. The normalized spacial score (nSPS) is 40.8. The minimum absolute atomic E-state index is 0.0478. The van der Waals surface area contributed by atoms with Gasteiger partial charge in [0.2, 0.25) is 0 Å². The molecule has 1 aromatic carbocycles. The molecule has 1 aliphatic heterocycles. The van der Waals surface area contributed by atoms with E-state index in [0.717, 1.165) is 44.4 Å². The van der Waals surface area contributed by atoms with Crippen molar-refractivity contribution in [2.24, 2.45) is 23.2 Å². The topological polar surface area (TPSA) is 38.3 Å². The van der Waals surface area contributed by atoms with Gasteiger partial charge in [0.25, 0.3) is 0 Å². The molecule has 3 heteroatoms. The lowest BCUT2D eigenvalue weighted by molar-refractivity contribution is -0.130. The molecule has 0 aromatic heterocycles.